The average molecular weight is 349 g/mol. The van der Waals surface area contributed by atoms with E-state index in [2.05, 4.69) is 12.2 Å². The number of halogens is 1. The van der Waals surface area contributed by atoms with Crippen molar-refractivity contribution in [2.45, 2.75) is 51.5 Å². The van der Waals surface area contributed by atoms with Crippen molar-refractivity contribution < 1.29 is 14.6 Å². The van der Waals surface area contributed by atoms with Crippen molar-refractivity contribution in [3.8, 4) is 5.75 Å². The first-order valence-electron chi connectivity index (χ1n) is 8.53. The van der Waals surface area contributed by atoms with Gasteiger partial charge in [-0.3, -0.25) is 4.79 Å². The third-order valence-electron chi connectivity index (χ3n) is 5.37. The number of benzene rings is 1. The molecule has 1 saturated carbocycles. The number of ether oxygens (including phenoxy) is 1. The van der Waals surface area contributed by atoms with Crippen molar-refractivity contribution in [3.63, 3.8) is 0 Å². The number of hydrogen-bond donors (Lipinski definition) is 1. The fraction of sp³-hybridized carbons (Fsp3) is 0.526. The molecule has 1 aromatic rings. The van der Waals surface area contributed by atoms with Gasteiger partial charge in [0.1, 0.15) is 5.75 Å². The number of nitrogens with one attached hydrogen (secondary N) is 1. The third-order valence-corrected chi connectivity index (χ3v) is 5.59. The molecule has 1 spiro atoms. The van der Waals surface area contributed by atoms with Crippen LogP contribution in [-0.4, -0.2) is 18.6 Å². The van der Waals surface area contributed by atoms with E-state index in [-0.39, 0.29) is 17.2 Å². The SMILES string of the molecule is CCc1cc(Cl)cc(OC)c1C1=C([O-])C2(CCC(C)CC2)NC1=O. The lowest BCUT2D eigenvalue weighted by Crippen LogP contribution is -2.49. The van der Waals surface area contributed by atoms with Crippen LogP contribution in [0, 0.1) is 5.92 Å². The first-order valence-corrected chi connectivity index (χ1v) is 8.90. The fourth-order valence-corrected chi connectivity index (χ4v) is 4.10. The van der Waals surface area contributed by atoms with Crippen LogP contribution in [0.1, 0.15) is 50.7 Å². The van der Waals surface area contributed by atoms with E-state index in [1.165, 1.54) is 7.11 Å². The summed E-state index contributed by atoms with van der Waals surface area (Å²) >= 11 is 6.14. The molecule has 1 aromatic carbocycles. The zero-order chi connectivity index (χ0) is 17.5. The molecule has 0 bridgehead atoms. The largest absolute Gasteiger partial charge is 0.873 e. The van der Waals surface area contributed by atoms with Crippen LogP contribution in [0.3, 0.4) is 0 Å². The monoisotopic (exact) mass is 348 g/mol. The minimum absolute atomic E-state index is 0.0882. The molecular formula is C19H23ClNO3-. The average Bonchev–Trinajstić information content (AvgIpc) is 2.80. The molecule has 0 aromatic heterocycles. The summed E-state index contributed by atoms with van der Waals surface area (Å²) in [7, 11) is 1.53. The molecule has 1 fully saturated rings. The Labute approximate surface area is 147 Å². The Balaban J connectivity index is 2.15. The van der Waals surface area contributed by atoms with Crippen LogP contribution < -0.4 is 15.2 Å². The lowest BCUT2D eigenvalue weighted by molar-refractivity contribution is -0.317. The Morgan fingerprint density at radius 2 is 2.04 bits per heavy atom. The van der Waals surface area contributed by atoms with Crippen molar-refractivity contribution in [1.82, 2.24) is 5.32 Å². The smallest absolute Gasteiger partial charge is 0.251 e. The Kier molecular flexibility index (Phi) is 4.52. The maximum atomic E-state index is 13.2. The van der Waals surface area contributed by atoms with Gasteiger partial charge in [0.15, 0.2) is 0 Å². The van der Waals surface area contributed by atoms with E-state index in [1.807, 2.05) is 6.92 Å². The molecule has 3 rings (SSSR count). The first-order chi connectivity index (χ1) is 11.4. The van der Waals surface area contributed by atoms with Gasteiger partial charge in [-0.15, -0.1) is 0 Å². The number of rotatable bonds is 3. The van der Waals surface area contributed by atoms with Gasteiger partial charge in [-0.1, -0.05) is 31.2 Å². The number of aryl methyl sites for hydroxylation is 1. The maximum Gasteiger partial charge on any atom is 0.251 e. The third kappa shape index (κ3) is 2.67. The molecule has 0 radical (unpaired) electrons. The van der Waals surface area contributed by atoms with Crippen LogP contribution in [0.2, 0.25) is 5.02 Å². The highest BCUT2D eigenvalue weighted by Gasteiger charge is 2.43. The summed E-state index contributed by atoms with van der Waals surface area (Å²) < 4.78 is 5.43. The quantitative estimate of drug-likeness (QED) is 0.913. The number of carbonyl (C=O) groups excluding carboxylic acids is 1. The van der Waals surface area contributed by atoms with Crippen LogP contribution in [-0.2, 0) is 11.2 Å². The molecule has 1 amide bonds. The Bertz CT molecular complexity index is 678. The van der Waals surface area contributed by atoms with Gasteiger partial charge in [0.25, 0.3) is 5.91 Å². The summed E-state index contributed by atoms with van der Waals surface area (Å²) in [5, 5.41) is 16.7. The zero-order valence-electron chi connectivity index (χ0n) is 14.4. The molecule has 4 nitrogen and oxygen atoms in total. The molecule has 1 N–H and O–H groups in total. The normalized spacial score (nSPS) is 26.8. The molecule has 5 heteroatoms. The minimum atomic E-state index is -0.728. The second-order valence-corrected chi connectivity index (χ2v) is 7.36. The second-order valence-electron chi connectivity index (χ2n) is 6.92. The molecule has 2 aliphatic rings. The summed E-state index contributed by atoms with van der Waals surface area (Å²) in [5.74, 6) is 0.708. The Morgan fingerprint density at radius 1 is 1.38 bits per heavy atom. The van der Waals surface area contributed by atoms with Crippen molar-refractivity contribution in [2.75, 3.05) is 7.11 Å². The van der Waals surface area contributed by atoms with Gasteiger partial charge >= 0.3 is 0 Å². The Morgan fingerprint density at radius 3 is 2.62 bits per heavy atom. The van der Waals surface area contributed by atoms with E-state index < -0.39 is 5.54 Å². The van der Waals surface area contributed by atoms with E-state index in [1.54, 1.807) is 12.1 Å². The van der Waals surface area contributed by atoms with Gasteiger partial charge in [-0.25, -0.2) is 0 Å². The van der Waals surface area contributed by atoms with E-state index in [4.69, 9.17) is 16.3 Å². The van der Waals surface area contributed by atoms with E-state index >= 15 is 0 Å². The summed E-state index contributed by atoms with van der Waals surface area (Å²) in [6, 6.07) is 3.47. The summed E-state index contributed by atoms with van der Waals surface area (Å²) in [6.45, 7) is 4.17. The number of carbonyl (C=O) groups is 1. The zero-order valence-corrected chi connectivity index (χ0v) is 15.1. The van der Waals surface area contributed by atoms with Crippen LogP contribution in [0.5, 0.6) is 5.75 Å². The van der Waals surface area contributed by atoms with Crippen LogP contribution in [0.4, 0.5) is 0 Å². The minimum Gasteiger partial charge on any atom is -0.873 e. The number of methoxy groups -OCH3 is 1. The van der Waals surface area contributed by atoms with Crippen LogP contribution in [0.15, 0.2) is 17.9 Å². The summed E-state index contributed by atoms with van der Waals surface area (Å²) in [5.41, 5.74) is 0.964. The number of amides is 1. The van der Waals surface area contributed by atoms with Crippen LogP contribution >= 0.6 is 11.6 Å². The highest BCUT2D eigenvalue weighted by Crippen LogP contribution is 2.44. The van der Waals surface area contributed by atoms with Crippen molar-refractivity contribution >= 4 is 23.1 Å². The van der Waals surface area contributed by atoms with E-state index in [9.17, 15) is 9.90 Å². The van der Waals surface area contributed by atoms with Crippen molar-refractivity contribution in [1.29, 1.82) is 0 Å². The van der Waals surface area contributed by atoms with Gasteiger partial charge in [-0.05, 0) is 55.7 Å². The number of hydrogen-bond acceptors (Lipinski definition) is 3. The predicted octanol–water partition coefficient (Wildman–Crippen LogP) is 3.06. The molecular weight excluding hydrogens is 326 g/mol. The van der Waals surface area contributed by atoms with Crippen molar-refractivity contribution in [3.05, 3.63) is 34.0 Å². The molecule has 0 unspecified atom stereocenters. The van der Waals surface area contributed by atoms with E-state index in [0.29, 0.717) is 41.5 Å². The van der Waals surface area contributed by atoms with Crippen LogP contribution in [0.25, 0.3) is 5.57 Å². The summed E-state index contributed by atoms with van der Waals surface area (Å²) in [4.78, 5) is 12.7. The lowest BCUT2D eigenvalue weighted by Gasteiger charge is -2.41. The highest BCUT2D eigenvalue weighted by atomic mass is 35.5. The van der Waals surface area contributed by atoms with Gasteiger partial charge in [0.2, 0.25) is 0 Å². The summed E-state index contributed by atoms with van der Waals surface area (Å²) in [6.07, 6.45) is 3.99. The fourth-order valence-electron chi connectivity index (χ4n) is 3.87. The highest BCUT2D eigenvalue weighted by molar-refractivity contribution is 6.31. The first kappa shape index (κ1) is 17.2. The van der Waals surface area contributed by atoms with Gasteiger partial charge in [0.05, 0.1) is 12.6 Å². The second kappa shape index (κ2) is 6.32. The molecule has 1 aliphatic heterocycles. The molecule has 0 atom stereocenters. The standard InChI is InChI=1S/C19H24ClNO3/c1-4-12-9-13(20)10-14(24-3)15(12)16-17(22)19(21-18(16)23)7-5-11(2)6-8-19/h9-11,22H,4-8H2,1-3H3,(H,21,23)/p-1. The lowest BCUT2D eigenvalue weighted by atomic mass is 9.76. The molecule has 0 saturated heterocycles. The molecule has 1 aliphatic carbocycles. The van der Waals surface area contributed by atoms with Gasteiger partial charge in [-0.2, -0.15) is 0 Å². The van der Waals surface area contributed by atoms with Gasteiger partial charge in [0, 0.05) is 16.2 Å². The maximum absolute atomic E-state index is 13.2. The van der Waals surface area contributed by atoms with E-state index in [0.717, 1.165) is 18.4 Å². The molecule has 1 heterocycles. The Hall–Kier alpha value is -1.68. The predicted molar refractivity (Wildman–Crippen MR) is 92.8 cm³/mol. The molecule has 130 valence electrons. The van der Waals surface area contributed by atoms with Gasteiger partial charge < -0.3 is 15.2 Å². The van der Waals surface area contributed by atoms with Crippen molar-refractivity contribution in [2.24, 2.45) is 5.92 Å². The molecule has 24 heavy (non-hydrogen) atoms. The topological polar surface area (TPSA) is 61.4 Å².